The Kier molecular flexibility index (Phi) is 5.32. The second kappa shape index (κ2) is 8.25. The van der Waals surface area contributed by atoms with Crippen molar-refractivity contribution in [3.05, 3.63) is 83.4 Å². The van der Waals surface area contributed by atoms with E-state index in [0.717, 1.165) is 45.8 Å². The van der Waals surface area contributed by atoms with Crippen LogP contribution in [0.1, 0.15) is 23.6 Å². The van der Waals surface area contributed by atoms with E-state index in [1.165, 1.54) is 38.5 Å². The van der Waals surface area contributed by atoms with Crippen LogP contribution in [0, 0.1) is 6.92 Å². The Balaban J connectivity index is 1.27. The van der Waals surface area contributed by atoms with Gasteiger partial charge in [-0.3, -0.25) is 9.80 Å². The van der Waals surface area contributed by atoms with Crippen LogP contribution in [0.4, 0.5) is 0 Å². The van der Waals surface area contributed by atoms with Crippen molar-refractivity contribution in [2.75, 3.05) is 26.2 Å². The molecular weight excluding hydrogens is 366 g/mol. The topological polar surface area (TPSA) is 11.4 Å². The lowest BCUT2D eigenvalue weighted by Crippen LogP contribution is -2.45. The van der Waals surface area contributed by atoms with Crippen LogP contribution in [0.2, 0.25) is 0 Å². The summed E-state index contributed by atoms with van der Waals surface area (Å²) in [6, 6.07) is 24.8. The molecule has 0 saturated carbocycles. The minimum atomic E-state index is 1.01. The molecule has 1 saturated heterocycles. The molecule has 1 aliphatic rings. The molecule has 0 amide bonds. The summed E-state index contributed by atoms with van der Waals surface area (Å²) < 4.78 is 2.43. The molecule has 0 radical (unpaired) electrons. The average molecular weight is 398 g/mol. The standard InChI is InChI=1S/C27H31N3/c1-3-30-26-7-5-4-6-24(26)25-18-23(12-13-27(25)30)20-29-16-14-28(15-17-29)19-22-10-8-21(2)9-11-22/h4-13,18H,3,14-17,19-20H2,1-2H3. The van der Waals surface area contributed by atoms with Crippen molar-refractivity contribution < 1.29 is 0 Å². The smallest absolute Gasteiger partial charge is 0.0491 e. The number of fused-ring (bicyclic) bond motifs is 3. The summed E-state index contributed by atoms with van der Waals surface area (Å²) in [7, 11) is 0. The molecule has 3 aromatic carbocycles. The summed E-state index contributed by atoms with van der Waals surface area (Å²) in [6.45, 7) is 12.1. The van der Waals surface area contributed by atoms with Gasteiger partial charge in [0.05, 0.1) is 0 Å². The van der Waals surface area contributed by atoms with Gasteiger partial charge in [0.25, 0.3) is 0 Å². The third-order valence-corrected chi connectivity index (χ3v) is 6.55. The van der Waals surface area contributed by atoms with Crippen LogP contribution in [0.15, 0.2) is 66.7 Å². The average Bonchev–Trinajstić information content (AvgIpc) is 3.10. The third kappa shape index (κ3) is 3.76. The Morgan fingerprint density at radius 2 is 1.27 bits per heavy atom. The lowest BCUT2D eigenvalue weighted by Gasteiger charge is -2.34. The highest BCUT2D eigenvalue weighted by molar-refractivity contribution is 6.08. The number of aromatic nitrogens is 1. The van der Waals surface area contributed by atoms with E-state index < -0.39 is 0 Å². The first kappa shape index (κ1) is 19.3. The lowest BCUT2D eigenvalue weighted by molar-refractivity contribution is 0.122. The van der Waals surface area contributed by atoms with Crippen LogP contribution in [-0.4, -0.2) is 40.5 Å². The van der Waals surface area contributed by atoms with E-state index in [0.29, 0.717) is 0 Å². The molecule has 0 aliphatic carbocycles. The van der Waals surface area contributed by atoms with Crippen molar-refractivity contribution >= 4 is 21.8 Å². The Morgan fingerprint density at radius 1 is 0.667 bits per heavy atom. The fourth-order valence-corrected chi connectivity index (χ4v) is 4.86. The molecular formula is C27H31N3. The Labute approximate surface area is 179 Å². The molecule has 1 fully saturated rings. The second-order valence-electron chi connectivity index (χ2n) is 8.65. The zero-order valence-electron chi connectivity index (χ0n) is 18.1. The fraction of sp³-hybridized carbons (Fsp3) is 0.333. The monoisotopic (exact) mass is 397 g/mol. The maximum Gasteiger partial charge on any atom is 0.0491 e. The molecule has 1 aromatic heterocycles. The number of benzene rings is 3. The second-order valence-corrected chi connectivity index (χ2v) is 8.65. The van der Waals surface area contributed by atoms with Crippen molar-refractivity contribution in [2.45, 2.75) is 33.5 Å². The number of rotatable bonds is 5. The van der Waals surface area contributed by atoms with Gasteiger partial charge < -0.3 is 4.57 Å². The number of hydrogen-bond donors (Lipinski definition) is 0. The summed E-state index contributed by atoms with van der Waals surface area (Å²) in [5, 5.41) is 2.77. The van der Waals surface area contributed by atoms with Gasteiger partial charge in [0, 0.05) is 67.6 Å². The fourth-order valence-electron chi connectivity index (χ4n) is 4.86. The Hall–Kier alpha value is -2.62. The van der Waals surface area contributed by atoms with Crippen LogP contribution in [-0.2, 0) is 19.6 Å². The molecule has 0 unspecified atom stereocenters. The number of hydrogen-bond acceptors (Lipinski definition) is 2. The minimum Gasteiger partial charge on any atom is -0.341 e. The summed E-state index contributed by atoms with van der Waals surface area (Å²) in [5.74, 6) is 0. The number of piperazine rings is 1. The highest BCUT2D eigenvalue weighted by Gasteiger charge is 2.18. The van der Waals surface area contributed by atoms with Gasteiger partial charge in [-0.1, -0.05) is 54.1 Å². The number of aryl methyl sites for hydroxylation is 2. The van der Waals surface area contributed by atoms with Gasteiger partial charge in [-0.25, -0.2) is 0 Å². The van der Waals surface area contributed by atoms with E-state index in [4.69, 9.17) is 0 Å². The molecule has 0 spiro atoms. The van der Waals surface area contributed by atoms with E-state index >= 15 is 0 Å². The largest absolute Gasteiger partial charge is 0.341 e. The van der Waals surface area contributed by atoms with Gasteiger partial charge in [-0.05, 0) is 43.2 Å². The van der Waals surface area contributed by atoms with E-state index in [9.17, 15) is 0 Å². The zero-order chi connectivity index (χ0) is 20.5. The molecule has 30 heavy (non-hydrogen) atoms. The molecule has 3 nitrogen and oxygen atoms in total. The summed E-state index contributed by atoms with van der Waals surface area (Å²) >= 11 is 0. The lowest BCUT2D eigenvalue weighted by atomic mass is 10.1. The molecule has 1 aliphatic heterocycles. The number of nitrogens with zero attached hydrogens (tertiary/aromatic N) is 3. The quantitative estimate of drug-likeness (QED) is 0.444. The van der Waals surface area contributed by atoms with Crippen molar-refractivity contribution in [3.8, 4) is 0 Å². The molecule has 2 heterocycles. The van der Waals surface area contributed by atoms with Crippen molar-refractivity contribution in [1.29, 1.82) is 0 Å². The van der Waals surface area contributed by atoms with Gasteiger partial charge in [0.2, 0.25) is 0 Å². The van der Waals surface area contributed by atoms with Crippen LogP contribution in [0.3, 0.4) is 0 Å². The Bertz CT molecular complexity index is 1150. The van der Waals surface area contributed by atoms with Gasteiger partial charge in [-0.2, -0.15) is 0 Å². The van der Waals surface area contributed by atoms with E-state index in [1.54, 1.807) is 0 Å². The molecule has 0 N–H and O–H groups in total. The van der Waals surface area contributed by atoms with E-state index in [1.807, 2.05) is 0 Å². The van der Waals surface area contributed by atoms with Gasteiger partial charge in [0.1, 0.15) is 0 Å². The predicted octanol–water partition coefficient (Wildman–Crippen LogP) is 5.44. The first-order valence-corrected chi connectivity index (χ1v) is 11.2. The normalized spacial score (nSPS) is 15.9. The molecule has 5 rings (SSSR count). The molecule has 4 aromatic rings. The highest BCUT2D eigenvalue weighted by Crippen LogP contribution is 2.30. The van der Waals surface area contributed by atoms with Gasteiger partial charge in [-0.15, -0.1) is 0 Å². The first-order valence-electron chi connectivity index (χ1n) is 11.2. The zero-order valence-corrected chi connectivity index (χ0v) is 18.1. The van der Waals surface area contributed by atoms with Crippen molar-refractivity contribution in [1.82, 2.24) is 14.4 Å². The van der Waals surface area contributed by atoms with Crippen LogP contribution in [0.25, 0.3) is 21.8 Å². The summed E-state index contributed by atoms with van der Waals surface area (Å²) in [4.78, 5) is 5.19. The Morgan fingerprint density at radius 3 is 1.97 bits per heavy atom. The van der Waals surface area contributed by atoms with Crippen molar-refractivity contribution in [3.63, 3.8) is 0 Å². The SMILES string of the molecule is CCn1c2ccccc2c2cc(CN3CCN(Cc4ccc(C)cc4)CC3)ccc21. The van der Waals surface area contributed by atoms with Crippen LogP contribution in [0.5, 0.6) is 0 Å². The number of para-hydroxylation sites is 1. The van der Waals surface area contributed by atoms with E-state index in [2.05, 4.69) is 94.9 Å². The first-order chi connectivity index (χ1) is 14.7. The van der Waals surface area contributed by atoms with Gasteiger partial charge >= 0.3 is 0 Å². The highest BCUT2D eigenvalue weighted by atomic mass is 15.3. The molecule has 3 heteroatoms. The van der Waals surface area contributed by atoms with Crippen molar-refractivity contribution in [2.24, 2.45) is 0 Å². The maximum atomic E-state index is 2.60. The molecule has 0 atom stereocenters. The van der Waals surface area contributed by atoms with E-state index in [-0.39, 0.29) is 0 Å². The van der Waals surface area contributed by atoms with Crippen LogP contribution < -0.4 is 0 Å². The minimum absolute atomic E-state index is 1.01. The molecule has 0 bridgehead atoms. The predicted molar refractivity (Wildman–Crippen MR) is 127 cm³/mol. The van der Waals surface area contributed by atoms with Gasteiger partial charge in [0.15, 0.2) is 0 Å². The summed E-state index contributed by atoms with van der Waals surface area (Å²) in [5.41, 5.74) is 6.88. The molecule has 154 valence electrons. The third-order valence-electron chi connectivity index (χ3n) is 6.55. The summed E-state index contributed by atoms with van der Waals surface area (Å²) in [6.07, 6.45) is 0. The van der Waals surface area contributed by atoms with Crippen LogP contribution >= 0.6 is 0 Å². The maximum absolute atomic E-state index is 2.60.